The number of aromatic nitrogens is 3. The van der Waals surface area contributed by atoms with Gasteiger partial charge in [0.2, 0.25) is 5.91 Å². The van der Waals surface area contributed by atoms with Crippen molar-refractivity contribution in [3.05, 3.63) is 5.82 Å². The second-order valence-corrected chi connectivity index (χ2v) is 9.50. The van der Waals surface area contributed by atoms with Crippen molar-refractivity contribution in [2.75, 3.05) is 17.3 Å². The summed E-state index contributed by atoms with van der Waals surface area (Å²) in [5.41, 5.74) is -0.642. The minimum Gasteiger partial charge on any atom is -0.349 e. The largest absolute Gasteiger partial charge is 0.349 e. The molecule has 2 heterocycles. The SMILES string of the molecule is Cc1nnc(SCC(=O)N[C@]2(C)CCS(=O)(=O)C2)n1C1CC1. The highest BCUT2D eigenvalue weighted by Crippen LogP contribution is 2.38. The first-order valence-electron chi connectivity index (χ1n) is 7.34. The predicted octanol–water partition coefficient (Wildman–Crippen LogP) is 0.707. The van der Waals surface area contributed by atoms with Crippen molar-refractivity contribution < 1.29 is 13.2 Å². The van der Waals surface area contributed by atoms with Gasteiger partial charge in [0.15, 0.2) is 15.0 Å². The topological polar surface area (TPSA) is 94.0 Å². The first-order valence-corrected chi connectivity index (χ1v) is 10.1. The number of carbonyl (C=O) groups excluding carboxylic acids is 1. The van der Waals surface area contributed by atoms with Crippen LogP contribution in [-0.2, 0) is 14.6 Å². The average molecular weight is 344 g/mol. The Hall–Kier alpha value is -1.09. The van der Waals surface area contributed by atoms with Gasteiger partial charge < -0.3 is 9.88 Å². The van der Waals surface area contributed by atoms with Crippen molar-refractivity contribution in [1.29, 1.82) is 0 Å². The van der Waals surface area contributed by atoms with Crippen molar-refractivity contribution in [2.24, 2.45) is 0 Å². The average Bonchev–Trinajstić information content (AvgIpc) is 3.11. The van der Waals surface area contributed by atoms with Gasteiger partial charge in [-0.1, -0.05) is 11.8 Å². The zero-order valence-corrected chi connectivity index (χ0v) is 14.3. The van der Waals surface area contributed by atoms with Crippen LogP contribution in [0.1, 0.15) is 38.1 Å². The zero-order valence-electron chi connectivity index (χ0n) is 12.7. The highest BCUT2D eigenvalue weighted by atomic mass is 32.2. The van der Waals surface area contributed by atoms with Gasteiger partial charge in [-0.15, -0.1) is 10.2 Å². The molecule has 2 aliphatic rings. The lowest BCUT2D eigenvalue weighted by molar-refractivity contribution is -0.120. The number of sulfone groups is 1. The molecule has 1 saturated heterocycles. The summed E-state index contributed by atoms with van der Waals surface area (Å²) in [6, 6.07) is 0.470. The van der Waals surface area contributed by atoms with Crippen LogP contribution in [0, 0.1) is 6.92 Å². The van der Waals surface area contributed by atoms with E-state index in [1.807, 2.05) is 6.92 Å². The van der Waals surface area contributed by atoms with Crippen molar-refractivity contribution in [3.63, 3.8) is 0 Å². The molecule has 0 unspecified atom stereocenters. The Bertz CT molecular complexity index is 696. The number of nitrogens with zero attached hydrogens (tertiary/aromatic N) is 3. The number of rotatable bonds is 5. The molecule has 1 saturated carbocycles. The fourth-order valence-corrected chi connectivity index (χ4v) is 5.76. The Kier molecular flexibility index (Phi) is 3.96. The molecule has 1 aliphatic carbocycles. The standard InChI is InChI=1S/C13H20N4O3S2/c1-9-15-16-12(17(9)10-3-4-10)21-7-11(18)14-13(2)5-6-22(19,20)8-13/h10H,3-8H2,1-2H3,(H,14,18)/t13-/m1/s1. The van der Waals surface area contributed by atoms with E-state index >= 15 is 0 Å². The fourth-order valence-electron chi connectivity index (χ4n) is 2.81. The molecule has 1 aliphatic heterocycles. The summed E-state index contributed by atoms with van der Waals surface area (Å²) in [6.07, 6.45) is 2.74. The quantitative estimate of drug-likeness (QED) is 0.791. The van der Waals surface area contributed by atoms with Crippen molar-refractivity contribution in [3.8, 4) is 0 Å². The van der Waals surface area contributed by atoms with Gasteiger partial charge in [0.25, 0.3) is 0 Å². The molecule has 2 fully saturated rings. The molecule has 0 spiro atoms. The van der Waals surface area contributed by atoms with E-state index in [1.165, 1.54) is 11.8 Å². The summed E-state index contributed by atoms with van der Waals surface area (Å²) < 4.78 is 25.2. The summed E-state index contributed by atoms with van der Waals surface area (Å²) in [6.45, 7) is 3.71. The number of amides is 1. The van der Waals surface area contributed by atoms with Crippen LogP contribution in [0.3, 0.4) is 0 Å². The van der Waals surface area contributed by atoms with E-state index in [2.05, 4.69) is 20.1 Å². The predicted molar refractivity (Wildman–Crippen MR) is 83.6 cm³/mol. The van der Waals surface area contributed by atoms with Gasteiger partial charge in [0.1, 0.15) is 5.82 Å². The first kappa shape index (κ1) is 15.8. The molecule has 122 valence electrons. The van der Waals surface area contributed by atoms with Crippen LogP contribution in [0.15, 0.2) is 5.16 Å². The van der Waals surface area contributed by atoms with Gasteiger partial charge in [-0.25, -0.2) is 8.42 Å². The Balaban J connectivity index is 1.57. The number of carbonyl (C=O) groups is 1. The number of nitrogens with one attached hydrogen (secondary N) is 1. The van der Waals surface area contributed by atoms with Gasteiger partial charge >= 0.3 is 0 Å². The lowest BCUT2D eigenvalue weighted by Gasteiger charge is -2.23. The van der Waals surface area contributed by atoms with Crippen LogP contribution >= 0.6 is 11.8 Å². The van der Waals surface area contributed by atoms with Gasteiger partial charge in [-0.05, 0) is 33.1 Å². The molecule has 7 nitrogen and oxygen atoms in total. The second kappa shape index (κ2) is 5.52. The summed E-state index contributed by atoms with van der Waals surface area (Å²) in [7, 11) is -3.02. The van der Waals surface area contributed by atoms with Crippen molar-refractivity contribution >= 4 is 27.5 Å². The molecule has 1 aromatic rings. The van der Waals surface area contributed by atoms with Crippen molar-refractivity contribution in [1.82, 2.24) is 20.1 Å². The molecule has 1 atom stereocenters. The minimum atomic E-state index is -3.02. The van der Waals surface area contributed by atoms with Crippen LogP contribution in [0.25, 0.3) is 0 Å². The molecule has 22 heavy (non-hydrogen) atoms. The van der Waals surface area contributed by atoms with Gasteiger partial charge in [0.05, 0.1) is 22.8 Å². The lowest BCUT2D eigenvalue weighted by atomic mass is 10.0. The van der Waals surface area contributed by atoms with Crippen LogP contribution in [0.2, 0.25) is 0 Å². The van der Waals surface area contributed by atoms with E-state index in [9.17, 15) is 13.2 Å². The summed E-state index contributed by atoms with van der Waals surface area (Å²) in [5.74, 6) is 1.10. The Labute approximate surface area is 134 Å². The third kappa shape index (κ3) is 3.45. The van der Waals surface area contributed by atoms with E-state index in [1.54, 1.807) is 6.92 Å². The van der Waals surface area contributed by atoms with E-state index in [4.69, 9.17) is 0 Å². The molecule has 0 bridgehead atoms. The number of thioether (sulfide) groups is 1. The maximum absolute atomic E-state index is 12.1. The smallest absolute Gasteiger partial charge is 0.230 e. The minimum absolute atomic E-state index is 0.0216. The summed E-state index contributed by atoms with van der Waals surface area (Å²) in [4.78, 5) is 12.1. The molecular formula is C13H20N4O3S2. The molecule has 1 amide bonds. The van der Waals surface area contributed by atoms with E-state index in [-0.39, 0.29) is 23.2 Å². The van der Waals surface area contributed by atoms with Crippen LogP contribution in [-0.4, -0.2) is 51.9 Å². The van der Waals surface area contributed by atoms with Gasteiger partial charge in [0, 0.05) is 6.04 Å². The van der Waals surface area contributed by atoms with Gasteiger partial charge in [-0.3, -0.25) is 4.79 Å². The van der Waals surface area contributed by atoms with E-state index in [0.717, 1.165) is 23.8 Å². The number of aryl methyl sites for hydroxylation is 1. The monoisotopic (exact) mass is 344 g/mol. The highest BCUT2D eigenvalue weighted by Gasteiger charge is 2.39. The third-order valence-electron chi connectivity index (χ3n) is 4.02. The van der Waals surface area contributed by atoms with Crippen molar-refractivity contribution in [2.45, 2.75) is 49.8 Å². The molecule has 1 N–H and O–H groups in total. The van der Waals surface area contributed by atoms with Gasteiger partial charge in [-0.2, -0.15) is 0 Å². The molecular weight excluding hydrogens is 324 g/mol. The molecule has 0 radical (unpaired) electrons. The Morgan fingerprint density at radius 3 is 2.77 bits per heavy atom. The Morgan fingerprint density at radius 2 is 2.18 bits per heavy atom. The first-order chi connectivity index (χ1) is 10.3. The van der Waals surface area contributed by atoms with Crippen LogP contribution in [0.5, 0.6) is 0 Å². The number of hydrogen-bond acceptors (Lipinski definition) is 6. The second-order valence-electron chi connectivity index (χ2n) is 6.37. The van der Waals surface area contributed by atoms with Crippen LogP contribution in [0.4, 0.5) is 0 Å². The van der Waals surface area contributed by atoms with Crippen LogP contribution < -0.4 is 5.32 Å². The van der Waals surface area contributed by atoms with E-state index in [0.29, 0.717) is 12.5 Å². The third-order valence-corrected chi connectivity index (χ3v) is 6.87. The highest BCUT2D eigenvalue weighted by molar-refractivity contribution is 7.99. The molecule has 3 rings (SSSR count). The molecule has 9 heteroatoms. The maximum atomic E-state index is 12.1. The fraction of sp³-hybridized carbons (Fsp3) is 0.769. The van der Waals surface area contributed by atoms with E-state index < -0.39 is 15.4 Å². The molecule has 0 aromatic carbocycles. The maximum Gasteiger partial charge on any atom is 0.230 e. The number of hydrogen-bond donors (Lipinski definition) is 1. The normalized spacial score (nSPS) is 27.0. The zero-order chi connectivity index (χ0) is 16.0. The Morgan fingerprint density at radius 1 is 1.45 bits per heavy atom. The lowest BCUT2D eigenvalue weighted by Crippen LogP contribution is -2.47. The summed E-state index contributed by atoms with van der Waals surface area (Å²) in [5, 5.41) is 11.8. The molecule has 1 aromatic heterocycles. The summed E-state index contributed by atoms with van der Waals surface area (Å²) >= 11 is 1.35.